The average Bonchev–Trinajstić information content (AvgIpc) is 2.90. The Hall–Kier alpha value is -2.17. The molecule has 0 saturated carbocycles. The number of carbonyl (C=O) groups is 1. The molecule has 0 bridgehead atoms. The van der Waals surface area contributed by atoms with Crippen molar-refractivity contribution in [2.24, 2.45) is 0 Å². The Morgan fingerprint density at radius 2 is 2.19 bits per heavy atom. The van der Waals surface area contributed by atoms with Crippen molar-refractivity contribution < 1.29 is 9.18 Å². The third-order valence-corrected chi connectivity index (χ3v) is 3.98. The van der Waals surface area contributed by atoms with E-state index in [1.54, 1.807) is 29.2 Å². The average molecular weight is 287 g/mol. The van der Waals surface area contributed by atoms with Crippen LogP contribution in [0.1, 0.15) is 54.0 Å². The second kappa shape index (κ2) is 5.31. The molecule has 1 amide bonds. The van der Waals surface area contributed by atoms with Crippen molar-refractivity contribution in [3.8, 4) is 0 Å². The Morgan fingerprint density at radius 1 is 1.43 bits per heavy atom. The van der Waals surface area contributed by atoms with Gasteiger partial charge in [0.25, 0.3) is 5.91 Å². The van der Waals surface area contributed by atoms with Crippen LogP contribution >= 0.6 is 0 Å². The standard InChI is InChI=1S/C16H18FN3O/c1-10(2)13-9-14(19-18-13)16(21)20-8-7-15(20)11-5-3-4-6-12(11)17/h3-6,9-10,15H,7-8H2,1-2H3,(H,18,19)/t15-/m1/s1. The summed E-state index contributed by atoms with van der Waals surface area (Å²) in [5, 5.41) is 6.96. The van der Waals surface area contributed by atoms with Crippen LogP contribution in [-0.4, -0.2) is 27.5 Å². The zero-order valence-corrected chi connectivity index (χ0v) is 12.1. The fraction of sp³-hybridized carbons (Fsp3) is 0.375. The Kier molecular flexibility index (Phi) is 3.49. The van der Waals surface area contributed by atoms with Crippen LogP contribution in [0, 0.1) is 5.82 Å². The molecular formula is C16H18FN3O. The summed E-state index contributed by atoms with van der Waals surface area (Å²) in [7, 11) is 0. The number of carbonyl (C=O) groups excluding carboxylic acids is 1. The molecule has 1 atom stereocenters. The molecule has 2 heterocycles. The fourth-order valence-corrected chi connectivity index (χ4v) is 2.59. The lowest BCUT2D eigenvalue weighted by atomic mass is 9.94. The summed E-state index contributed by atoms with van der Waals surface area (Å²) in [6, 6.07) is 8.23. The van der Waals surface area contributed by atoms with E-state index in [-0.39, 0.29) is 23.7 Å². The normalized spacial score (nSPS) is 17.9. The van der Waals surface area contributed by atoms with Gasteiger partial charge in [0.2, 0.25) is 0 Å². The van der Waals surface area contributed by atoms with Crippen LogP contribution < -0.4 is 0 Å². The molecule has 1 saturated heterocycles. The van der Waals surface area contributed by atoms with Crippen molar-refractivity contribution in [2.75, 3.05) is 6.54 Å². The highest BCUT2D eigenvalue weighted by Gasteiger charge is 2.36. The summed E-state index contributed by atoms with van der Waals surface area (Å²) < 4.78 is 13.9. The number of halogens is 1. The van der Waals surface area contributed by atoms with E-state index in [4.69, 9.17) is 0 Å². The second-order valence-corrected chi connectivity index (χ2v) is 5.69. The number of likely N-dealkylation sites (tertiary alicyclic amines) is 1. The number of hydrogen-bond donors (Lipinski definition) is 1. The summed E-state index contributed by atoms with van der Waals surface area (Å²) in [5.41, 5.74) is 1.91. The van der Waals surface area contributed by atoms with Gasteiger partial charge < -0.3 is 4.90 Å². The Morgan fingerprint density at radius 3 is 2.76 bits per heavy atom. The molecule has 1 aliphatic heterocycles. The Labute approximate surface area is 123 Å². The number of benzene rings is 1. The SMILES string of the molecule is CC(C)c1cc(C(=O)N2CC[C@@H]2c2ccccc2F)n[nH]1. The molecule has 5 heteroatoms. The molecule has 0 spiro atoms. The Bertz CT molecular complexity index is 665. The van der Waals surface area contributed by atoms with Crippen LogP contribution in [0.5, 0.6) is 0 Å². The highest BCUT2D eigenvalue weighted by molar-refractivity contribution is 5.93. The molecule has 1 aromatic carbocycles. The third kappa shape index (κ3) is 2.44. The van der Waals surface area contributed by atoms with Gasteiger partial charge in [-0.2, -0.15) is 5.10 Å². The van der Waals surface area contributed by atoms with Gasteiger partial charge in [-0.15, -0.1) is 0 Å². The van der Waals surface area contributed by atoms with E-state index >= 15 is 0 Å². The van der Waals surface area contributed by atoms with Gasteiger partial charge in [-0.25, -0.2) is 4.39 Å². The zero-order chi connectivity index (χ0) is 15.0. The maximum Gasteiger partial charge on any atom is 0.274 e. The first-order valence-corrected chi connectivity index (χ1v) is 7.18. The number of hydrogen-bond acceptors (Lipinski definition) is 2. The van der Waals surface area contributed by atoms with Gasteiger partial charge >= 0.3 is 0 Å². The van der Waals surface area contributed by atoms with Gasteiger partial charge in [0.1, 0.15) is 11.5 Å². The van der Waals surface area contributed by atoms with Crippen LogP contribution in [0.2, 0.25) is 0 Å². The van der Waals surface area contributed by atoms with Gasteiger partial charge in [0.15, 0.2) is 0 Å². The van der Waals surface area contributed by atoms with E-state index in [9.17, 15) is 9.18 Å². The summed E-state index contributed by atoms with van der Waals surface area (Å²) in [5.74, 6) is -0.111. The molecule has 3 rings (SSSR count). The quantitative estimate of drug-likeness (QED) is 0.942. The van der Waals surface area contributed by atoms with Crippen molar-refractivity contribution in [2.45, 2.75) is 32.2 Å². The van der Waals surface area contributed by atoms with Crippen molar-refractivity contribution in [3.63, 3.8) is 0 Å². The highest BCUT2D eigenvalue weighted by atomic mass is 19.1. The number of H-pyrrole nitrogens is 1. The minimum absolute atomic E-state index is 0.141. The second-order valence-electron chi connectivity index (χ2n) is 5.69. The van der Waals surface area contributed by atoms with E-state index in [0.29, 0.717) is 17.8 Å². The predicted molar refractivity (Wildman–Crippen MR) is 77.5 cm³/mol. The number of aromatic amines is 1. The van der Waals surface area contributed by atoms with E-state index in [1.807, 2.05) is 13.8 Å². The smallest absolute Gasteiger partial charge is 0.274 e. The molecule has 21 heavy (non-hydrogen) atoms. The topological polar surface area (TPSA) is 49.0 Å². The van der Waals surface area contributed by atoms with Crippen LogP contribution in [0.3, 0.4) is 0 Å². The van der Waals surface area contributed by atoms with Gasteiger partial charge in [0.05, 0.1) is 6.04 Å². The lowest BCUT2D eigenvalue weighted by Crippen LogP contribution is -2.45. The monoisotopic (exact) mass is 287 g/mol. The minimum atomic E-state index is -0.259. The van der Waals surface area contributed by atoms with Crippen LogP contribution in [-0.2, 0) is 0 Å². The largest absolute Gasteiger partial charge is 0.330 e. The van der Waals surface area contributed by atoms with Gasteiger partial charge in [-0.3, -0.25) is 9.89 Å². The van der Waals surface area contributed by atoms with Gasteiger partial charge in [0, 0.05) is 17.8 Å². The summed E-state index contributed by atoms with van der Waals surface area (Å²) >= 11 is 0. The third-order valence-electron chi connectivity index (χ3n) is 3.98. The van der Waals surface area contributed by atoms with Crippen molar-refractivity contribution in [1.29, 1.82) is 0 Å². The summed E-state index contributed by atoms with van der Waals surface area (Å²) in [4.78, 5) is 14.2. The number of aromatic nitrogens is 2. The van der Waals surface area contributed by atoms with Gasteiger partial charge in [-0.1, -0.05) is 32.0 Å². The lowest BCUT2D eigenvalue weighted by molar-refractivity contribution is 0.0447. The first kappa shape index (κ1) is 13.8. The summed E-state index contributed by atoms with van der Waals surface area (Å²) in [6.45, 7) is 4.71. The Balaban J connectivity index is 1.80. The maximum atomic E-state index is 13.9. The zero-order valence-electron chi connectivity index (χ0n) is 12.1. The number of rotatable bonds is 3. The minimum Gasteiger partial charge on any atom is -0.330 e. The first-order chi connectivity index (χ1) is 10.1. The highest BCUT2D eigenvalue weighted by Crippen LogP contribution is 2.35. The molecule has 2 aromatic rings. The molecule has 1 fully saturated rings. The molecule has 0 aliphatic carbocycles. The van der Waals surface area contributed by atoms with E-state index in [0.717, 1.165) is 12.1 Å². The van der Waals surface area contributed by atoms with Crippen molar-refractivity contribution >= 4 is 5.91 Å². The molecule has 1 N–H and O–H groups in total. The number of amides is 1. The van der Waals surface area contributed by atoms with Crippen LogP contribution in [0.25, 0.3) is 0 Å². The van der Waals surface area contributed by atoms with E-state index in [2.05, 4.69) is 10.2 Å². The number of nitrogens with one attached hydrogen (secondary N) is 1. The van der Waals surface area contributed by atoms with Crippen molar-refractivity contribution in [3.05, 3.63) is 53.1 Å². The van der Waals surface area contributed by atoms with Crippen LogP contribution in [0.4, 0.5) is 4.39 Å². The van der Waals surface area contributed by atoms with Gasteiger partial charge in [-0.05, 0) is 24.5 Å². The van der Waals surface area contributed by atoms with Crippen LogP contribution in [0.15, 0.2) is 30.3 Å². The maximum absolute atomic E-state index is 13.9. The lowest BCUT2D eigenvalue weighted by Gasteiger charge is -2.41. The first-order valence-electron chi connectivity index (χ1n) is 7.18. The molecule has 110 valence electrons. The molecule has 4 nitrogen and oxygen atoms in total. The molecular weight excluding hydrogens is 269 g/mol. The van der Waals surface area contributed by atoms with E-state index in [1.165, 1.54) is 6.07 Å². The van der Waals surface area contributed by atoms with E-state index < -0.39 is 0 Å². The molecule has 1 aliphatic rings. The molecule has 0 unspecified atom stereocenters. The predicted octanol–water partition coefficient (Wildman–Crippen LogP) is 3.26. The molecule has 1 aromatic heterocycles. The summed E-state index contributed by atoms with van der Waals surface area (Å²) in [6.07, 6.45) is 0.786. The fourth-order valence-electron chi connectivity index (χ4n) is 2.59. The van der Waals surface area contributed by atoms with Crippen molar-refractivity contribution in [1.82, 2.24) is 15.1 Å². The number of nitrogens with zero attached hydrogens (tertiary/aromatic N) is 2. The molecule has 0 radical (unpaired) electrons.